The van der Waals surface area contributed by atoms with Gasteiger partial charge in [0, 0.05) is 12.5 Å². The van der Waals surface area contributed by atoms with Gasteiger partial charge in [-0.2, -0.15) is 0 Å². The van der Waals surface area contributed by atoms with E-state index >= 15 is 0 Å². The molecule has 0 N–H and O–H groups in total. The lowest BCUT2D eigenvalue weighted by molar-refractivity contribution is -0.106. The van der Waals surface area contributed by atoms with Gasteiger partial charge in [0.1, 0.15) is 0 Å². The molecule has 134 valence electrons. The van der Waals surface area contributed by atoms with Gasteiger partial charge >= 0.3 is 0 Å². The van der Waals surface area contributed by atoms with E-state index in [0.717, 1.165) is 18.4 Å². The fourth-order valence-electron chi connectivity index (χ4n) is 2.78. The van der Waals surface area contributed by atoms with Crippen LogP contribution in [0.15, 0.2) is 42.2 Å². The summed E-state index contributed by atoms with van der Waals surface area (Å²) in [6.07, 6.45) is 4.58. The molecule has 0 unspecified atom stereocenters. The highest BCUT2D eigenvalue weighted by molar-refractivity contribution is 6.74. The van der Waals surface area contributed by atoms with Gasteiger partial charge in [-0.25, -0.2) is 4.39 Å². The molecule has 0 radical (unpaired) electrons. The van der Waals surface area contributed by atoms with Gasteiger partial charge in [0.25, 0.3) is 0 Å². The normalized spacial score (nSPS) is 14.5. The number of halogens is 1. The average molecular weight is 351 g/mol. The zero-order valence-corrected chi connectivity index (χ0v) is 16.6. The van der Waals surface area contributed by atoms with Crippen LogP contribution in [0, 0.1) is 5.92 Å². The SMILES string of the molecule is CCCC(C)(C)[Si](C)(C)OC[C@@H](/C=C(\F)C=O)Cc1ccccc1. The zero-order valence-electron chi connectivity index (χ0n) is 15.6. The van der Waals surface area contributed by atoms with Crippen LogP contribution in [-0.2, 0) is 15.6 Å². The molecule has 1 aromatic carbocycles. The van der Waals surface area contributed by atoms with E-state index in [9.17, 15) is 9.18 Å². The summed E-state index contributed by atoms with van der Waals surface area (Å²) in [5, 5.41) is 0.159. The van der Waals surface area contributed by atoms with Crippen molar-refractivity contribution in [3.63, 3.8) is 0 Å². The highest BCUT2D eigenvalue weighted by Gasteiger charge is 2.40. The van der Waals surface area contributed by atoms with E-state index in [1.54, 1.807) is 0 Å². The molecule has 0 aliphatic carbocycles. The third-order valence-corrected chi connectivity index (χ3v) is 9.41. The van der Waals surface area contributed by atoms with Gasteiger partial charge in [-0.05, 0) is 42.6 Å². The summed E-state index contributed by atoms with van der Waals surface area (Å²) in [6.45, 7) is 11.6. The Balaban J connectivity index is 2.83. The van der Waals surface area contributed by atoms with Gasteiger partial charge in [0.2, 0.25) is 0 Å². The third kappa shape index (κ3) is 6.33. The Morgan fingerprint density at radius 3 is 2.46 bits per heavy atom. The second-order valence-corrected chi connectivity index (χ2v) is 12.2. The lowest BCUT2D eigenvalue weighted by atomic mass is 9.99. The molecule has 4 heteroatoms. The quantitative estimate of drug-likeness (QED) is 0.307. The predicted molar refractivity (Wildman–Crippen MR) is 101 cm³/mol. The molecule has 0 saturated carbocycles. The van der Waals surface area contributed by atoms with Crippen molar-refractivity contribution in [2.45, 2.75) is 58.2 Å². The van der Waals surface area contributed by atoms with Gasteiger partial charge in [0.05, 0.1) is 0 Å². The first kappa shape index (κ1) is 20.8. The van der Waals surface area contributed by atoms with Crippen molar-refractivity contribution >= 4 is 14.6 Å². The highest BCUT2D eigenvalue weighted by Crippen LogP contribution is 2.42. The van der Waals surface area contributed by atoms with Crippen LogP contribution in [0.3, 0.4) is 0 Å². The highest BCUT2D eigenvalue weighted by atomic mass is 28.4. The molecule has 1 aromatic rings. The van der Waals surface area contributed by atoms with Gasteiger partial charge < -0.3 is 4.43 Å². The summed E-state index contributed by atoms with van der Waals surface area (Å²) >= 11 is 0. The molecule has 0 aliphatic rings. The summed E-state index contributed by atoms with van der Waals surface area (Å²) in [6, 6.07) is 9.93. The minimum atomic E-state index is -1.93. The van der Waals surface area contributed by atoms with Crippen molar-refractivity contribution in [1.82, 2.24) is 0 Å². The van der Waals surface area contributed by atoms with Crippen LogP contribution in [-0.4, -0.2) is 21.2 Å². The largest absolute Gasteiger partial charge is 0.416 e. The first-order valence-electron chi connectivity index (χ1n) is 8.72. The molecule has 0 spiro atoms. The maximum absolute atomic E-state index is 13.5. The fourth-order valence-corrected chi connectivity index (χ4v) is 4.66. The van der Waals surface area contributed by atoms with E-state index in [2.05, 4.69) is 33.9 Å². The van der Waals surface area contributed by atoms with Crippen LogP contribution in [0.1, 0.15) is 39.2 Å². The summed E-state index contributed by atoms with van der Waals surface area (Å²) in [4.78, 5) is 10.7. The maximum Gasteiger partial charge on any atom is 0.192 e. The van der Waals surface area contributed by atoms with Crippen molar-refractivity contribution in [2.75, 3.05) is 6.61 Å². The van der Waals surface area contributed by atoms with Crippen molar-refractivity contribution < 1.29 is 13.6 Å². The van der Waals surface area contributed by atoms with Gasteiger partial charge in [-0.15, -0.1) is 0 Å². The monoisotopic (exact) mass is 350 g/mol. The molecule has 1 rings (SSSR count). The lowest BCUT2D eigenvalue weighted by Gasteiger charge is -2.40. The van der Waals surface area contributed by atoms with Gasteiger partial charge in [0.15, 0.2) is 20.4 Å². The first-order valence-corrected chi connectivity index (χ1v) is 11.6. The molecule has 24 heavy (non-hydrogen) atoms. The first-order chi connectivity index (χ1) is 11.2. The molecule has 0 bridgehead atoms. The molecule has 2 nitrogen and oxygen atoms in total. The molecular formula is C20H31FO2Si. The Morgan fingerprint density at radius 2 is 1.92 bits per heavy atom. The number of hydrogen-bond donors (Lipinski definition) is 0. The standard InChI is InChI=1S/C20H31FO2Si/c1-6-12-20(2,3)24(4,5)23-16-18(14-19(21)15-22)13-17-10-8-7-9-11-17/h7-11,14-15,18H,6,12-13,16H2,1-5H3/b19-14-/t18-/m1/s1. The van der Waals surface area contributed by atoms with E-state index in [1.807, 2.05) is 30.3 Å². The van der Waals surface area contributed by atoms with E-state index in [-0.39, 0.29) is 17.2 Å². The Labute approximate surface area is 147 Å². The van der Waals surface area contributed by atoms with E-state index in [4.69, 9.17) is 4.43 Å². The number of benzene rings is 1. The smallest absolute Gasteiger partial charge is 0.192 e. The van der Waals surface area contributed by atoms with Crippen LogP contribution in [0.25, 0.3) is 0 Å². The molecule has 1 atom stereocenters. The average Bonchev–Trinajstić information content (AvgIpc) is 2.53. The lowest BCUT2D eigenvalue weighted by Crippen LogP contribution is -2.43. The Bertz CT molecular complexity index is 538. The molecule has 0 heterocycles. The topological polar surface area (TPSA) is 26.3 Å². The molecule has 0 saturated heterocycles. The zero-order chi connectivity index (χ0) is 18.2. The number of aldehydes is 1. The fraction of sp³-hybridized carbons (Fsp3) is 0.550. The van der Waals surface area contributed by atoms with Crippen LogP contribution in [0.2, 0.25) is 18.1 Å². The summed E-state index contributed by atoms with van der Waals surface area (Å²) in [5.41, 5.74) is 1.12. The number of carbonyl (C=O) groups excluding carboxylic acids is 1. The number of allylic oxidation sites excluding steroid dienone is 1. The minimum absolute atomic E-state index is 0.137. The number of rotatable bonds is 10. The molecule has 0 aromatic heterocycles. The van der Waals surface area contributed by atoms with Crippen molar-refractivity contribution in [3.05, 3.63) is 47.8 Å². The van der Waals surface area contributed by atoms with E-state index < -0.39 is 14.1 Å². The number of hydrogen-bond acceptors (Lipinski definition) is 2. The Kier molecular flexibility index (Phi) is 8.04. The van der Waals surface area contributed by atoms with E-state index in [1.165, 1.54) is 6.08 Å². The summed E-state index contributed by atoms with van der Waals surface area (Å²) < 4.78 is 19.8. The van der Waals surface area contributed by atoms with Crippen LogP contribution >= 0.6 is 0 Å². The van der Waals surface area contributed by atoms with Gasteiger partial charge in [-0.3, -0.25) is 4.79 Å². The van der Waals surface area contributed by atoms with Crippen molar-refractivity contribution in [1.29, 1.82) is 0 Å². The van der Waals surface area contributed by atoms with Crippen molar-refractivity contribution in [2.24, 2.45) is 5.92 Å². The third-order valence-electron chi connectivity index (χ3n) is 5.01. The maximum atomic E-state index is 13.5. The van der Waals surface area contributed by atoms with Crippen LogP contribution in [0.5, 0.6) is 0 Å². The summed E-state index contributed by atoms with van der Waals surface area (Å²) in [5.74, 6) is -0.853. The summed E-state index contributed by atoms with van der Waals surface area (Å²) in [7, 11) is -1.93. The van der Waals surface area contributed by atoms with Gasteiger partial charge in [-0.1, -0.05) is 57.5 Å². The predicted octanol–water partition coefficient (Wildman–Crippen LogP) is 5.70. The van der Waals surface area contributed by atoms with Crippen molar-refractivity contribution in [3.8, 4) is 0 Å². The molecule has 0 aliphatic heterocycles. The second kappa shape index (κ2) is 9.28. The molecule has 0 fully saturated rings. The van der Waals surface area contributed by atoms with Crippen LogP contribution in [0.4, 0.5) is 4.39 Å². The van der Waals surface area contributed by atoms with Crippen LogP contribution < -0.4 is 0 Å². The minimum Gasteiger partial charge on any atom is -0.416 e. The second-order valence-electron chi connectivity index (χ2n) is 7.57. The molecular weight excluding hydrogens is 319 g/mol. The molecule has 0 amide bonds. The Hall–Kier alpha value is -1.26. The Morgan fingerprint density at radius 1 is 1.29 bits per heavy atom. The van der Waals surface area contributed by atoms with E-state index in [0.29, 0.717) is 13.0 Å². The number of carbonyl (C=O) groups is 1.